The Hall–Kier alpha value is -2.61. The molecule has 3 aromatic rings. The number of anilines is 1. The smallest absolute Gasteiger partial charge is 0.250 e. The minimum atomic E-state index is -0.147. The van der Waals surface area contributed by atoms with Crippen molar-refractivity contribution in [2.45, 2.75) is 6.92 Å². The Labute approximate surface area is 117 Å². The molecule has 0 aliphatic heterocycles. The fourth-order valence-corrected chi connectivity index (χ4v) is 2.37. The SMILES string of the molecule is C=C(C)C(=O)Nc1c2ccccc2cc2ccccc12. The molecule has 3 rings (SSSR count). The summed E-state index contributed by atoms with van der Waals surface area (Å²) in [4.78, 5) is 12.0. The zero-order valence-electron chi connectivity index (χ0n) is 11.3. The number of hydrogen-bond donors (Lipinski definition) is 1. The number of fused-ring (bicyclic) bond motifs is 2. The summed E-state index contributed by atoms with van der Waals surface area (Å²) < 4.78 is 0. The molecule has 0 aliphatic carbocycles. The van der Waals surface area contributed by atoms with Crippen LogP contribution < -0.4 is 5.32 Å². The summed E-state index contributed by atoms with van der Waals surface area (Å²) in [5, 5.41) is 7.30. The maximum Gasteiger partial charge on any atom is 0.250 e. The molecule has 98 valence electrons. The Morgan fingerprint density at radius 2 is 1.45 bits per heavy atom. The van der Waals surface area contributed by atoms with Crippen LogP contribution in [0.4, 0.5) is 5.69 Å². The van der Waals surface area contributed by atoms with Crippen molar-refractivity contribution in [3.05, 3.63) is 66.7 Å². The molecular weight excluding hydrogens is 246 g/mol. The Kier molecular flexibility index (Phi) is 2.99. The van der Waals surface area contributed by atoms with Gasteiger partial charge in [0.05, 0.1) is 5.69 Å². The molecule has 2 heteroatoms. The third kappa shape index (κ3) is 2.05. The van der Waals surface area contributed by atoms with Crippen molar-refractivity contribution in [2.24, 2.45) is 0 Å². The molecule has 0 heterocycles. The van der Waals surface area contributed by atoms with Crippen molar-refractivity contribution in [3.63, 3.8) is 0 Å². The summed E-state index contributed by atoms with van der Waals surface area (Å²) in [6.45, 7) is 5.41. The third-order valence-corrected chi connectivity index (χ3v) is 3.40. The maximum absolute atomic E-state index is 12.0. The van der Waals surface area contributed by atoms with E-state index in [1.54, 1.807) is 6.92 Å². The number of hydrogen-bond acceptors (Lipinski definition) is 1. The Balaban J connectivity index is 2.33. The number of nitrogens with one attached hydrogen (secondary N) is 1. The molecule has 1 N–H and O–H groups in total. The minimum absolute atomic E-state index is 0.147. The first-order chi connectivity index (χ1) is 9.66. The Bertz CT molecular complexity index is 779. The van der Waals surface area contributed by atoms with Gasteiger partial charge in [-0.1, -0.05) is 55.1 Å². The van der Waals surface area contributed by atoms with E-state index in [1.165, 1.54) is 0 Å². The van der Waals surface area contributed by atoms with E-state index in [-0.39, 0.29) is 5.91 Å². The molecule has 0 aliphatic rings. The second-order valence-corrected chi connectivity index (χ2v) is 4.93. The number of carbonyl (C=O) groups excluding carboxylic acids is 1. The molecule has 2 nitrogen and oxygen atoms in total. The van der Waals surface area contributed by atoms with Crippen LogP contribution in [-0.2, 0) is 4.79 Å². The summed E-state index contributed by atoms with van der Waals surface area (Å²) in [5.74, 6) is -0.147. The van der Waals surface area contributed by atoms with Crippen molar-refractivity contribution in [3.8, 4) is 0 Å². The lowest BCUT2D eigenvalue weighted by Gasteiger charge is -2.12. The lowest BCUT2D eigenvalue weighted by molar-refractivity contribution is -0.112. The molecule has 0 saturated heterocycles. The molecule has 3 aromatic carbocycles. The quantitative estimate of drug-likeness (QED) is 0.534. The highest BCUT2D eigenvalue weighted by atomic mass is 16.1. The van der Waals surface area contributed by atoms with Crippen molar-refractivity contribution >= 4 is 33.1 Å². The first-order valence-corrected chi connectivity index (χ1v) is 6.54. The number of rotatable bonds is 2. The van der Waals surface area contributed by atoms with Gasteiger partial charge in [0.1, 0.15) is 0 Å². The van der Waals surface area contributed by atoms with E-state index in [2.05, 4.69) is 30.1 Å². The monoisotopic (exact) mass is 261 g/mol. The van der Waals surface area contributed by atoms with E-state index < -0.39 is 0 Å². The van der Waals surface area contributed by atoms with Gasteiger partial charge in [-0.3, -0.25) is 4.79 Å². The normalized spacial score (nSPS) is 10.7. The van der Waals surface area contributed by atoms with Gasteiger partial charge < -0.3 is 5.32 Å². The number of carbonyl (C=O) groups is 1. The van der Waals surface area contributed by atoms with E-state index in [0.29, 0.717) is 5.57 Å². The van der Waals surface area contributed by atoms with E-state index in [0.717, 1.165) is 27.2 Å². The average molecular weight is 261 g/mol. The summed E-state index contributed by atoms with van der Waals surface area (Å²) >= 11 is 0. The highest BCUT2D eigenvalue weighted by Gasteiger charge is 2.10. The van der Waals surface area contributed by atoms with E-state index >= 15 is 0 Å². The molecule has 0 aromatic heterocycles. The summed E-state index contributed by atoms with van der Waals surface area (Å²) in [7, 11) is 0. The second kappa shape index (κ2) is 4.82. The van der Waals surface area contributed by atoms with Crippen molar-refractivity contribution in [1.29, 1.82) is 0 Å². The van der Waals surface area contributed by atoms with Gasteiger partial charge in [0, 0.05) is 16.3 Å². The maximum atomic E-state index is 12.0. The first-order valence-electron chi connectivity index (χ1n) is 6.54. The largest absolute Gasteiger partial charge is 0.321 e. The van der Waals surface area contributed by atoms with Crippen LogP contribution in [0.1, 0.15) is 6.92 Å². The molecule has 1 amide bonds. The molecule has 0 spiro atoms. The van der Waals surface area contributed by atoms with Crippen LogP contribution in [0.25, 0.3) is 21.5 Å². The van der Waals surface area contributed by atoms with Crippen molar-refractivity contribution < 1.29 is 4.79 Å². The fourth-order valence-electron chi connectivity index (χ4n) is 2.37. The van der Waals surface area contributed by atoms with Gasteiger partial charge in [0.2, 0.25) is 0 Å². The topological polar surface area (TPSA) is 29.1 Å². The number of amides is 1. The molecular formula is C18H15NO. The van der Waals surface area contributed by atoms with Crippen LogP contribution >= 0.6 is 0 Å². The van der Waals surface area contributed by atoms with Gasteiger partial charge in [0.15, 0.2) is 0 Å². The first kappa shape index (κ1) is 12.4. The average Bonchev–Trinajstić information content (AvgIpc) is 2.46. The highest BCUT2D eigenvalue weighted by Crippen LogP contribution is 2.32. The van der Waals surface area contributed by atoms with Crippen LogP contribution in [0, 0.1) is 0 Å². The second-order valence-electron chi connectivity index (χ2n) is 4.93. The molecule has 0 bridgehead atoms. The molecule has 0 fully saturated rings. The van der Waals surface area contributed by atoms with Gasteiger partial charge in [-0.2, -0.15) is 0 Å². The van der Waals surface area contributed by atoms with Gasteiger partial charge >= 0.3 is 0 Å². The van der Waals surface area contributed by atoms with Crippen LogP contribution in [0.15, 0.2) is 66.7 Å². The van der Waals surface area contributed by atoms with Gasteiger partial charge in [-0.25, -0.2) is 0 Å². The molecule has 0 unspecified atom stereocenters. The minimum Gasteiger partial charge on any atom is -0.321 e. The highest BCUT2D eigenvalue weighted by molar-refractivity contribution is 6.17. The summed E-state index contributed by atoms with van der Waals surface area (Å²) in [6, 6.07) is 18.3. The zero-order valence-corrected chi connectivity index (χ0v) is 11.3. The van der Waals surface area contributed by atoms with Crippen LogP contribution in [0.3, 0.4) is 0 Å². The molecule has 0 radical (unpaired) electrons. The number of benzene rings is 3. The van der Waals surface area contributed by atoms with Crippen molar-refractivity contribution in [1.82, 2.24) is 0 Å². The van der Waals surface area contributed by atoms with Gasteiger partial charge in [-0.05, 0) is 23.8 Å². The van der Waals surface area contributed by atoms with Crippen LogP contribution in [0.5, 0.6) is 0 Å². The standard InChI is InChI=1S/C18H15NO/c1-12(2)18(20)19-17-15-9-5-3-7-13(15)11-14-8-4-6-10-16(14)17/h3-11H,1H2,2H3,(H,19,20). The van der Waals surface area contributed by atoms with E-state index in [9.17, 15) is 4.79 Å². The fraction of sp³-hybridized carbons (Fsp3) is 0.0556. The lowest BCUT2D eigenvalue weighted by Crippen LogP contribution is -2.12. The predicted molar refractivity (Wildman–Crippen MR) is 84.9 cm³/mol. The van der Waals surface area contributed by atoms with Crippen molar-refractivity contribution in [2.75, 3.05) is 5.32 Å². The van der Waals surface area contributed by atoms with Crippen LogP contribution in [-0.4, -0.2) is 5.91 Å². The summed E-state index contributed by atoms with van der Waals surface area (Å²) in [6.07, 6.45) is 0. The zero-order chi connectivity index (χ0) is 14.1. The summed E-state index contributed by atoms with van der Waals surface area (Å²) in [5.41, 5.74) is 1.36. The third-order valence-electron chi connectivity index (χ3n) is 3.40. The lowest BCUT2D eigenvalue weighted by atomic mass is 10.0. The van der Waals surface area contributed by atoms with E-state index in [1.807, 2.05) is 36.4 Å². The molecule has 20 heavy (non-hydrogen) atoms. The molecule has 0 saturated carbocycles. The predicted octanol–water partition coefficient (Wildman–Crippen LogP) is 4.51. The Morgan fingerprint density at radius 3 is 1.95 bits per heavy atom. The van der Waals surface area contributed by atoms with Gasteiger partial charge in [-0.15, -0.1) is 0 Å². The molecule has 0 atom stereocenters. The van der Waals surface area contributed by atoms with Crippen LogP contribution in [0.2, 0.25) is 0 Å². The van der Waals surface area contributed by atoms with E-state index in [4.69, 9.17) is 0 Å². The van der Waals surface area contributed by atoms with Gasteiger partial charge in [0.25, 0.3) is 5.91 Å². The Morgan fingerprint density at radius 1 is 0.950 bits per heavy atom.